The number of hydrogen-bond donors (Lipinski definition) is 0. The van der Waals surface area contributed by atoms with Crippen LogP contribution < -0.4 is 4.90 Å². The summed E-state index contributed by atoms with van der Waals surface area (Å²) in [6.45, 7) is 8.17. The van der Waals surface area contributed by atoms with Crippen LogP contribution in [0.5, 0.6) is 0 Å². The van der Waals surface area contributed by atoms with E-state index in [1.807, 2.05) is 0 Å². The Balaban J connectivity index is 3.05. The normalized spacial score (nSPS) is 12.1. The van der Waals surface area contributed by atoms with Gasteiger partial charge in [0.1, 0.15) is 12.1 Å². The van der Waals surface area contributed by atoms with Crippen LogP contribution in [0, 0.1) is 5.92 Å². The molecule has 1 atom stereocenters. The van der Waals surface area contributed by atoms with Crippen LogP contribution >= 0.6 is 11.8 Å². The minimum Gasteiger partial charge on any atom is -0.469 e. The van der Waals surface area contributed by atoms with Crippen molar-refractivity contribution >= 4 is 40.4 Å². The summed E-state index contributed by atoms with van der Waals surface area (Å²) < 4.78 is 10.0. The molecule has 0 bridgehead atoms. The average Bonchev–Trinajstić information content (AvgIpc) is 2.62. The van der Waals surface area contributed by atoms with Gasteiger partial charge in [-0.15, -0.1) is 0 Å². The Labute approximate surface area is 176 Å². The summed E-state index contributed by atoms with van der Waals surface area (Å²) in [7, 11) is 1.32. The molecule has 1 aromatic rings. The number of methoxy groups -OCH3 is 1. The lowest BCUT2D eigenvalue weighted by molar-refractivity contribution is -0.153. The average molecular weight is 424 g/mol. The molecule has 29 heavy (non-hydrogen) atoms. The maximum Gasteiger partial charge on any atom is 0.326 e. The third-order valence-electron chi connectivity index (χ3n) is 3.76. The van der Waals surface area contributed by atoms with E-state index in [9.17, 15) is 19.2 Å². The van der Waals surface area contributed by atoms with Crippen LogP contribution in [0.4, 0.5) is 5.69 Å². The lowest BCUT2D eigenvalue weighted by Crippen LogP contribution is -2.42. The predicted octanol–water partition coefficient (Wildman–Crippen LogP) is 2.99. The topological polar surface area (TPSA) is 90.0 Å². The SMILES string of the molecule is COC(=O)Cc1ccc(N(CC(=O)OC(C)(C)C)C(=O)[C@H](C)CSC(C)=O)cc1. The highest BCUT2D eigenvalue weighted by Gasteiger charge is 2.27. The van der Waals surface area contributed by atoms with Gasteiger partial charge in [-0.1, -0.05) is 30.8 Å². The van der Waals surface area contributed by atoms with Crippen LogP contribution in [0.15, 0.2) is 24.3 Å². The fraction of sp³-hybridized carbons (Fsp3) is 0.524. The summed E-state index contributed by atoms with van der Waals surface area (Å²) in [5.41, 5.74) is 0.561. The second-order valence-electron chi connectivity index (χ2n) is 7.63. The molecule has 0 aliphatic rings. The van der Waals surface area contributed by atoms with E-state index in [0.717, 1.165) is 17.3 Å². The minimum absolute atomic E-state index is 0.0736. The van der Waals surface area contributed by atoms with E-state index in [0.29, 0.717) is 11.4 Å². The molecule has 0 aliphatic heterocycles. The van der Waals surface area contributed by atoms with Gasteiger partial charge in [-0.25, -0.2) is 0 Å². The zero-order valence-corrected chi connectivity index (χ0v) is 18.6. The van der Waals surface area contributed by atoms with Crippen LogP contribution in [0.3, 0.4) is 0 Å². The third-order valence-corrected chi connectivity index (χ3v) is 4.83. The number of hydrogen-bond acceptors (Lipinski definition) is 7. The number of nitrogens with zero attached hydrogens (tertiary/aromatic N) is 1. The molecule has 0 fully saturated rings. The van der Waals surface area contributed by atoms with Gasteiger partial charge in [-0.05, 0) is 38.5 Å². The number of anilines is 1. The Morgan fingerprint density at radius 1 is 1.07 bits per heavy atom. The number of carbonyl (C=O) groups excluding carboxylic acids is 4. The van der Waals surface area contributed by atoms with Crippen molar-refractivity contribution < 1.29 is 28.7 Å². The standard InChI is InChI=1S/C21H29NO6S/c1-14(13-29-15(2)23)20(26)22(12-19(25)28-21(3,4)5)17-9-7-16(8-10-17)11-18(24)27-6/h7-10,14H,11-13H2,1-6H3/t14-/m1/s1. The zero-order valence-electron chi connectivity index (χ0n) is 17.8. The summed E-state index contributed by atoms with van der Waals surface area (Å²) >= 11 is 1.07. The Morgan fingerprint density at radius 3 is 2.14 bits per heavy atom. The zero-order chi connectivity index (χ0) is 22.2. The largest absolute Gasteiger partial charge is 0.469 e. The second kappa shape index (κ2) is 11.0. The van der Waals surface area contributed by atoms with Gasteiger partial charge in [0.05, 0.1) is 13.5 Å². The molecule has 160 valence electrons. The highest BCUT2D eigenvalue weighted by atomic mass is 32.2. The number of ether oxygens (including phenoxy) is 2. The van der Waals surface area contributed by atoms with Crippen molar-refractivity contribution in [2.45, 2.75) is 46.6 Å². The molecule has 0 aliphatic carbocycles. The second-order valence-corrected chi connectivity index (χ2v) is 8.83. The number of rotatable bonds is 8. The first kappa shape index (κ1) is 24.7. The number of amides is 1. The van der Waals surface area contributed by atoms with Gasteiger partial charge in [0.25, 0.3) is 0 Å². The molecule has 0 aromatic heterocycles. The lowest BCUT2D eigenvalue weighted by Gasteiger charge is -2.27. The molecule has 0 saturated carbocycles. The van der Waals surface area contributed by atoms with Gasteiger partial charge in [0.15, 0.2) is 5.12 Å². The number of benzene rings is 1. The molecule has 8 heteroatoms. The van der Waals surface area contributed by atoms with Crippen LogP contribution in [0.2, 0.25) is 0 Å². The fourth-order valence-corrected chi connectivity index (χ4v) is 3.04. The van der Waals surface area contributed by atoms with Crippen LogP contribution in [0.1, 0.15) is 40.2 Å². The summed E-state index contributed by atoms with van der Waals surface area (Å²) in [5, 5.41) is -0.0736. The van der Waals surface area contributed by atoms with Crippen LogP contribution in [-0.4, -0.2) is 48.0 Å². The van der Waals surface area contributed by atoms with Gasteiger partial charge >= 0.3 is 11.9 Å². The molecule has 0 heterocycles. The smallest absolute Gasteiger partial charge is 0.326 e. The molecule has 0 N–H and O–H groups in total. The molecular formula is C21H29NO6S. The number of carbonyl (C=O) groups is 4. The summed E-state index contributed by atoms with van der Waals surface area (Å²) in [4.78, 5) is 49.3. The summed E-state index contributed by atoms with van der Waals surface area (Å²) in [5.74, 6) is -1.34. The van der Waals surface area contributed by atoms with Crippen molar-refractivity contribution in [1.29, 1.82) is 0 Å². The van der Waals surface area contributed by atoms with E-state index in [1.54, 1.807) is 52.0 Å². The van der Waals surface area contributed by atoms with Crippen molar-refractivity contribution in [2.75, 3.05) is 24.3 Å². The Morgan fingerprint density at radius 2 is 1.66 bits per heavy atom. The van der Waals surface area contributed by atoms with Crippen LogP contribution in [-0.2, 0) is 35.1 Å². The molecule has 1 rings (SSSR count). The molecule has 7 nitrogen and oxygen atoms in total. The molecule has 0 spiro atoms. The van der Waals surface area contributed by atoms with E-state index in [2.05, 4.69) is 4.74 Å². The van der Waals surface area contributed by atoms with Crippen molar-refractivity contribution in [3.8, 4) is 0 Å². The molecule has 0 saturated heterocycles. The maximum atomic E-state index is 13.0. The first-order valence-corrected chi connectivity index (χ1v) is 10.2. The van der Waals surface area contributed by atoms with Gasteiger partial charge in [0, 0.05) is 24.3 Å². The van der Waals surface area contributed by atoms with Crippen molar-refractivity contribution in [3.63, 3.8) is 0 Å². The van der Waals surface area contributed by atoms with Gasteiger partial charge in [-0.3, -0.25) is 19.2 Å². The van der Waals surface area contributed by atoms with Gasteiger partial charge in [0.2, 0.25) is 5.91 Å². The maximum absolute atomic E-state index is 13.0. The molecule has 0 radical (unpaired) electrons. The van der Waals surface area contributed by atoms with Gasteiger partial charge < -0.3 is 14.4 Å². The Kier molecular flexibility index (Phi) is 9.36. The Hall–Kier alpha value is -2.35. The van der Waals surface area contributed by atoms with E-state index in [1.165, 1.54) is 18.9 Å². The predicted molar refractivity (Wildman–Crippen MR) is 113 cm³/mol. The molecule has 0 unspecified atom stereocenters. The van der Waals surface area contributed by atoms with Crippen molar-refractivity contribution in [3.05, 3.63) is 29.8 Å². The van der Waals surface area contributed by atoms with Crippen LogP contribution in [0.25, 0.3) is 0 Å². The fourth-order valence-electron chi connectivity index (χ4n) is 2.41. The molecule has 1 amide bonds. The van der Waals surface area contributed by atoms with Crippen molar-refractivity contribution in [2.24, 2.45) is 5.92 Å². The monoisotopic (exact) mass is 423 g/mol. The highest BCUT2D eigenvalue weighted by Crippen LogP contribution is 2.21. The van der Waals surface area contributed by atoms with Crippen molar-refractivity contribution in [1.82, 2.24) is 0 Å². The quantitative estimate of drug-likeness (QED) is 0.594. The minimum atomic E-state index is -0.674. The number of esters is 2. The Bertz CT molecular complexity index is 739. The van der Waals surface area contributed by atoms with Gasteiger partial charge in [-0.2, -0.15) is 0 Å². The summed E-state index contributed by atoms with van der Waals surface area (Å²) in [6.07, 6.45) is 0.114. The van der Waals surface area contributed by atoms with E-state index in [4.69, 9.17) is 4.74 Å². The van der Waals surface area contributed by atoms with E-state index < -0.39 is 17.5 Å². The first-order valence-electron chi connectivity index (χ1n) is 9.25. The highest BCUT2D eigenvalue weighted by molar-refractivity contribution is 8.13. The molecular weight excluding hydrogens is 394 g/mol. The number of thioether (sulfide) groups is 1. The lowest BCUT2D eigenvalue weighted by atomic mass is 10.1. The third kappa shape index (κ3) is 9.13. The van der Waals surface area contributed by atoms with E-state index >= 15 is 0 Å². The first-order chi connectivity index (χ1) is 13.4. The van der Waals surface area contributed by atoms with E-state index in [-0.39, 0.29) is 30.0 Å². The summed E-state index contributed by atoms with van der Waals surface area (Å²) in [6, 6.07) is 6.75. The molecule has 1 aromatic carbocycles.